The van der Waals surface area contributed by atoms with Crippen LogP contribution in [0, 0.1) is 5.41 Å². The number of nitrogens with one attached hydrogen (secondary N) is 3. The van der Waals surface area contributed by atoms with Crippen LogP contribution in [0.5, 0.6) is 0 Å². The Morgan fingerprint density at radius 3 is 2.88 bits per heavy atom. The summed E-state index contributed by atoms with van der Waals surface area (Å²) >= 11 is 0. The van der Waals surface area contributed by atoms with E-state index in [1.54, 1.807) is 12.1 Å². The summed E-state index contributed by atoms with van der Waals surface area (Å²) in [5, 5.41) is 12.8. The summed E-state index contributed by atoms with van der Waals surface area (Å²) in [4.78, 5) is 23.1. The second kappa shape index (κ2) is 6.14. The molecule has 1 aliphatic carbocycles. The lowest BCUT2D eigenvalue weighted by molar-refractivity contribution is 0.0601. The maximum absolute atomic E-state index is 11.7. The van der Waals surface area contributed by atoms with Crippen LogP contribution in [-0.2, 0) is 4.74 Å². The number of rotatable bonds is 5. The molecule has 0 aliphatic heterocycles. The molecular formula is C18H18N6O2. The summed E-state index contributed by atoms with van der Waals surface area (Å²) in [7, 11) is 1.34. The third-order valence-corrected chi connectivity index (χ3v) is 4.36. The molecule has 2 aromatic heterocycles. The first-order valence-corrected chi connectivity index (χ1v) is 8.24. The minimum Gasteiger partial charge on any atom is -0.465 e. The first kappa shape index (κ1) is 16.1. The summed E-state index contributed by atoms with van der Waals surface area (Å²) in [6.07, 6.45) is 3.56. The fourth-order valence-electron chi connectivity index (χ4n) is 2.82. The molecule has 0 saturated heterocycles. The summed E-state index contributed by atoms with van der Waals surface area (Å²) in [6.45, 7) is 0. The molecule has 8 heteroatoms. The number of H-pyrrole nitrogens is 1. The molecule has 0 unspecified atom stereocenters. The second-order valence-electron chi connectivity index (χ2n) is 6.25. The fourth-order valence-corrected chi connectivity index (χ4v) is 2.82. The minimum absolute atomic E-state index is 0.196. The van der Waals surface area contributed by atoms with Gasteiger partial charge in [0.1, 0.15) is 18.0 Å². The largest absolute Gasteiger partial charge is 0.465 e. The van der Waals surface area contributed by atoms with Crippen molar-refractivity contribution < 1.29 is 9.53 Å². The monoisotopic (exact) mass is 350 g/mol. The van der Waals surface area contributed by atoms with Gasteiger partial charge in [-0.2, -0.15) is 0 Å². The number of esters is 1. The zero-order valence-corrected chi connectivity index (χ0v) is 14.2. The average Bonchev–Trinajstić information content (AvgIpc) is 3.35. The van der Waals surface area contributed by atoms with Gasteiger partial charge in [0.2, 0.25) is 0 Å². The topological polar surface area (TPSA) is 130 Å². The molecule has 26 heavy (non-hydrogen) atoms. The molecule has 1 aliphatic rings. The number of carbonyl (C=O) groups is 1. The molecule has 0 bridgehead atoms. The molecule has 5 N–H and O–H groups in total. The molecule has 1 aromatic carbocycles. The number of ether oxygens (including phenoxy) is 1. The Bertz CT molecular complexity index is 1020. The van der Waals surface area contributed by atoms with Crippen molar-refractivity contribution in [3.05, 3.63) is 47.4 Å². The average molecular weight is 350 g/mol. The predicted molar refractivity (Wildman–Crippen MR) is 98.7 cm³/mol. The standard InChI is InChI=1S/C18H18N6O2/c1-26-18(25)10-3-2-9-6-13(24-12(9)7-10)15(19)14-16(20)21-8-22-17(14)23-11-4-5-11/h2-3,6-8,11,19,24H,4-5H2,1H3,(H3,20,21,22,23). The Morgan fingerprint density at radius 1 is 1.35 bits per heavy atom. The highest BCUT2D eigenvalue weighted by Gasteiger charge is 2.25. The van der Waals surface area contributed by atoms with Gasteiger partial charge in [0.25, 0.3) is 0 Å². The normalized spacial score (nSPS) is 13.6. The number of aromatic nitrogens is 3. The molecule has 0 amide bonds. The Kier molecular flexibility index (Phi) is 3.80. The molecule has 0 spiro atoms. The number of hydrogen-bond donors (Lipinski definition) is 4. The minimum atomic E-state index is -0.408. The number of nitrogen functional groups attached to an aromatic ring is 1. The van der Waals surface area contributed by atoms with Gasteiger partial charge < -0.3 is 20.8 Å². The van der Waals surface area contributed by atoms with Crippen molar-refractivity contribution in [3.63, 3.8) is 0 Å². The van der Waals surface area contributed by atoms with Gasteiger partial charge in [-0.05, 0) is 31.0 Å². The summed E-state index contributed by atoms with van der Waals surface area (Å²) < 4.78 is 4.75. The number of nitrogens with zero attached hydrogens (tertiary/aromatic N) is 2. The Hall–Kier alpha value is -3.42. The molecule has 1 saturated carbocycles. The molecule has 0 atom stereocenters. The second-order valence-corrected chi connectivity index (χ2v) is 6.25. The van der Waals surface area contributed by atoms with Crippen molar-refractivity contribution in [1.29, 1.82) is 5.41 Å². The molecule has 2 heterocycles. The van der Waals surface area contributed by atoms with Crippen LogP contribution in [-0.4, -0.2) is 39.8 Å². The first-order chi connectivity index (χ1) is 12.6. The van der Waals surface area contributed by atoms with Crippen molar-refractivity contribution in [2.45, 2.75) is 18.9 Å². The molecule has 0 radical (unpaired) electrons. The van der Waals surface area contributed by atoms with Crippen LogP contribution in [0.4, 0.5) is 11.6 Å². The SMILES string of the molecule is COC(=O)c1ccc2cc(C(=N)c3c(N)ncnc3NC3CC3)[nH]c2c1. The molecule has 132 valence electrons. The van der Waals surface area contributed by atoms with E-state index in [1.807, 2.05) is 12.1 Å². The highest BCUT2D eigenvalue weighted by molar-refractivity contribution is 6.16. The zero-order chi connectivity index (χ0) is 18.3. The number of methoxy groups -OCH3 is 1. The van der Waals surface area contributed by atoms with Crippen LogP contribution in [0.3, 0.4) is 0 Å². The van der Waals surface area contributed by atoms with Crippen LogP contribution in [0.25, 0.3) is 10.9 Å². The van der Waals surface area contributed by atoms with Gasteiger partial charge in [0.05, 0.1) is 29.6 Å². The van der Waals surface area contributed by atoms with Gasteiger partial charge in [0, 0.05) is 16.9 Å². The van der Waals surface area contributed by atoms with Crippen LogP contribution in [0.15, 0.2) is 30.6 Å². The van der Waals surface area contributed by atoms with E-state index >= 15 is 0 Å². The van der Waals surface area contributed by atoms with Crippen molar-refractivity contribution in [3.8, 4) is 0 Å². The molecule has 3 aromatic rings. The van der Waals surface area contributed by atoms with E-state index in [1.165, 1.54) is 13.4 Å². The van der Waals surface area contributed by atoms with Crippen LogP contribution in [0.1, 0.15) is 34.5 Å². The highest BCUT2D eigenvalue weighted by atomic mass is 16.5. The van der Waals surface area contributed by atoms with Crippen molar-refractivity contribution in [2.24, 2.45) is 0 Å². The Morgan fingerprint density at radius 2 is 2.15 bits per heavy atom. The number of anilines is 2. The zero-order valence-electron chi connectivity index (χ0n) is 14.2. The van der Waals surface area contributed by atoms with Gasteiger partial charge in [-0.3, -0.25) is 5.41 Å². The lowest BCUT2D eigenvalue weighted by Gasteiger charge is -2.12. The molecule has 4 rings (SSSR count). The van der Waals surface area contributed by atoms with Crippen molar-refractivity contribution >= 4 is 34.2 Å². The summed E-state index contributed by atoms with van der Waals surface area (Å²) in [5.41, 5.74) is 8.44. The predicted octanol–water partition coefficient (Wildman–Crippen LogP) is 2.32. The van der Waals surface area contributed by atoms with E-state index in [4.69, 9.17) is 15.9 Å². The first-order valence-electron chi connectivity index (χ1n) is 8.24. The van der Waals surface area contributed by atoms with Gasteiger partial charge in [-0.1, -0.05) is 6.07 Å². The van der Waals surface area contributed by atoms with Gasteiger partial charge in [-0.25, -0.2) is 14.8 Å². The molecule has 8 nitrogen and oxygen atoms in total. The van der Waals surface area contributed by atoms with E-state index in [0.29, 0.717) is 28.7 Å². The maximum atomic E-state index is 11.7. The highest BCUT2D eigenvalue weighted by Crippen LogP contribution is 2.29. The Labute approximate surface area is 149 Å². The third kappa shape index (κ3) is 2.85. The van der Waals surface area contributed by atoms with Crippen LogP contribution >= 0.6 is 0 Å². The lowest BCUT2D eigenvalue weighted by atomic mass is 10.1. The van der Waals surface area contributed by atoms with Crippen molar-refractivity contribution in [1.82, 2.24) is 15.0 Å². The van der Waals surface area contributed by atoms with Crippen LogP contribution < -0.4 is 11.1 Å². The van der Waals surface area contributed by atoms with E-state index in [9.17, 15) is 4.79 Å². The quantitative estimate of drug-likeness (QED) is 0.413. The van der Waals surface area contributed by atoms with E-state index in [0.717, 1.165) is 23.7 Å². The van der Waals surface area contributed by atoms with Crippen LogP contribution in [0.2, 0.25) is 0 Å². The number of carbonyl (C=O) groups excluding carboxylic acids is 1. The smallest absolute Gasteiger partial charge is 0.337 e. The Balaban J connectivity index is 1.73. The van der Waals surface area contributed by atoms with Gasteiger partial charge >= 0.3 is 5.97 Å². The number of fused-ring (bicyclic) bond motifs is 1. The van der Waals surface area contributed by atoms with Crippen molar-refractivity contribution in [2.75, 3.05) is 18.2 Å². The fraction of sp³-hybridized carbons (Fsp3) is 0.222. The van der Waals surface area contributed by atoms with E-state index in [-0.39, 0.29) is 11.5 Å². The van der Waals surface area contributed by atoms with Gasteiger partial charge in [0.15, 0.2) is 0 Å². The maximum Gasteiger partial charge on any atom is 0.337 e. The number of hydrogen-bond acceptors (Lipinski definition) is 7. The van der Waals surface area contributed by atoms with Gasteiger partial charge in [-0.15, -0.1) is 0 Å². The summed E-state index contributed by atoms with van der Waals surface area (Å²) in [5.74, 6) is 0.413. The molecule has 1 fully saturated rings. The van der Waals surface area contributed by atoms with E-state index < -0.39 is 5.97 Å². The molecular weight excluding hydrogens is 332 g/mol. The number of benzene rings is 1. The third-order valence-electron chi connectivity index (χ3n) is 4.36. The lowest BCUT2D eigenvalue weighted by Crippen LogP contribution is -2.15. The van der Waals surface area contributed by atoms with E-state index in [2.05, 4.69) is 20.3 Å². The summed E-state index contributed by atoms with van der Waals surface area (Å²) in [6, 6.07) is 7.41. The number of aromatic amines is 1. The number of nitrogens with two attached hydrogens (primary N) is 1.